The molecule has 0 fully saturated rings. The Labute approximate surface area is 134 Å². The first kappa shape index (κ1) is 20.4. The molecule has 0 saturated heterocycles. The van der Waals surface area contributed by atoms with Crippen LogP contribution in [0.15, 0.2) is 24.3 Å². The van der Waals surface area contributed by atoms with E-state index in [0.717, 1.165) is 12.1 Å². The smallest absolute Gasteiger partial charge is 0.200 e. The fraction of sp³-hybridized carbons (Fsp3) is 0.200. The number of hydrogen-bond acceptors (Lipinski definition) is 0. The molecule has 0 amide bonds. The normalized spacial score (nSPS) is 10.8. The lowest BCUT2D eigenvalue weighted by Crippen LogP contribution is -2.04. The number of halogens is 8. The van der Waals surface area contributed by atoms with E-state index in [-0.39, 0.29) is 21.7 Å². The Morgan fingerprint density at radius 1 is 0.708 bits per heavy atom. The topological polar surface area (TPSA) is 0 Å². The van der Waals surface area contributed by atoms with Crippen LogP contribution in [0.5, 0.6) is 0 Å². The summed E-state index contributed by atoms with van der Waals surface area (Å²) in [6, 6.07) is 4.22. The summed E-state index contributed by atoms with van der Waals surface area (Å²) < 4.78 is 101. The first-order valence-corrected chi connectivity index (χ1v) is 7.87. The molecule has 0 aliphatic carbocycles. The van der Waals surface area contributed by atoms with Crippen LogP contribution in [0.2, 0.25) is 0 Å². The summed E-state index contributed by atoms with van der Waals surface area (Å²) in [6.45, 7) is -0.373. The van der Waals surface area contributed by atoms with Crippen LogP contribution >= 0.6 is 8.58 Å². The predicted molar refractivity (Wildman–Crippen MR) is 76.8 cm³/mol. The van der Waals surface area contributed by atoms with Crippen molar-refractivity contribution in [2.24, 2.45) is 0 Å². The van der Waals surface area contributed by atoms with Gasteiger partial charge in [-0.15, -0.1) is 0 Å². The number of hydrogen-bond donors (Lipinski definition) is 0. The lowest BCUT2D eigenvalue weighted by molar-refractivity contribution is 0.381. The lowest BCUT2D eigenvalue weighted by Gasteiger charge is -2.08. The Morgan fingerprint density at radius 2 is 1.21 bits per heavy atom. The van der Waals surface area contributed by atoms with Crippen molar-refractivity contribution in [1.82, 2.24) is 0 Å². The van der Waals surface area contributed by atoms with Gasteiger partial charge in [-0.25, -0.2) is 30.7 Å². The summed E-state index contributed by atoms with van der Waals surface area (Å²) in [6.07, 6.45) is 0.0421. The number of benzene rings is 2. The molecule has 0 N–H and O–H groups in total. The Bertz CT molecular complexity index is 656. The van der Waals surface area contributed by atoms with Crippen LogP contribution in [0.25, 0.3) is 11.1 Å². The Morgan fingerprint density at radius 3 is 1.62 bits per heavy atom. The summed E-state index contributed by atoms with van der Waals surface area (Å²) in [7, 11) is 0.173. The highest BCUT2D eigenvalue weighted by Crippen LogP contribution is 2.32. The van der Waals surface area contributed by atoms with Crippen LogP contribution in [0, 0.1) is 34.9 Å². The Balaban J connectivity index is 0.000000413. The highest BCUT2D eigenvalue weighted by Gasteiger charge is 2.27. The van der Waals surface area contributed by atoms with Gasteiger partial charge >= 0.3 is 0 Å². The number of rotatable bonds is 4. The molecule has 0 bridgehead atoms. The maximum atomic E-state index is 13.4. The summed E-state index contributed by atoms with van der Waals surface area (Å²) in [5.41, 5.74) is -1.96. The van der Waals surface area contributed by atoms with E-state index < -0.39 is 46.0 Å². The summed E-state index contributed by atoms with van der Waals surface area (Å²) >= 11 is 0. The van der Waals surface area contributed by atoms with Crippen molar-refractivity contribution in [3.8, 4) is 11.1 Å². The van der Waals surface area contributed by atoms with E-state index in [0.29, 0.717) is 6.16 Å². The summed E-state index contributed by atoms with van der Waals surface area (Å²) in [4.78, 5) is 0. The minimum Gasteiger partial charge on any atom is -0.251 e. The molecule has 24 heavy (non-hydrogen) atoms. The molecule has 9 heteroatoms. The van der Waals surface area contributed by atoms with E-state index in [1.165, 1.54) is 12.1 Å². The maximum absolute atomic E-state index is 13.4. The molecule has 2 aromatic carbocycles. The van der Waals surface area contributed by atoms with Gasteiger partial charge < -0.3 is 0 Å². The monoisotopic (exact) mass is 374 g/mol. The molecule has 2 rings (SSSR count). The number of alkyl halides is 2. The van der Waals surface area contributed by atoms with E-state index in [4.69, 9.17) is 0 Å². The van der Waals surface area contributed by atoms with E-state index in [1.54, 1.807) is 0 Å². The first-order valence-electron chi connectivity index (χ1n) is 6.45. The van der Waals surface area contributed by atoms with Gasteiger partial charge in [-0.3, -0.25) is 4.39 Å². The van der Waals surface area contributed by atoms with Crippen molar-refractivity contribution in [2.75, 3.05) is 19.3 Å². The fourth-order valence-electron chi connectivity index (χ4n) is 1.64. The van der Waals surface area contributed by atoms with Crippen LogP contribution in [0.3, 0.4) is 0 Å². The van der Waals surface area contributed by atoms with Crippen LogP contribution in [-0.4, -0.2) is 19.3 Å². The molecule has 0 aliphatic heterocycles. The van der Waals surface area contributed by atoms with Gasteiger partial charge in [0.05, 0.1) is 12.2 Å². The fourth-order valence-corrected chi connectivity index (χ4v) is 1.91. The average Bonchev–Trinajstić information content (AvgIpc) is 2.59. The molecule has 0 radical (unpaired) electrons. The van der Waals surface area contributed by atoms with Gasteiger partial charge in [-0.2, -0.15) is 0 Å². The van der Waals surface area contributed by atoms with Gasteiger partial charge in [0.2, 0.25) is 5.82 Å². The Kier molecular flexibility index (Phi) is 8.11. The molecule has 0 heterocycles. The maximum Gasteiger partial charge on any atom is 0.200 e. The third kappa shape index (κ3) is 4.66. The molecule has 0 saturated carbocycles. The van der Waals surface area contributed by atoms with E-state index in [9.17, 15) is 35.1 Å². The molecule has 132 valence electrons. The molecule has 1 unspecified atom stereocenters. The molecule has 0 aliphatic rings. The third-order valence-corrected chi connectivity index (χ3v) is 3.45. The molecular weight excluding hydrogens is 363 g/mol. The van der Waals surface area contributed by atoms with Crippen molar-refractivity contribution < 1.29 is 35.1 Å². The summed E-state index contributed by atoms with van der Waals surface area (Å²) in [5, 5.41) is 0. The highest BCUT2D eigenvalue weighted by atomic mass is 31.1. The highest BCUT2D eigenvalue weighted by molar-refractivity contribution is 7.37. The van der Waals surface area contributed by atoms with Gasteiger partial charge in [0.15, 0.2) is 23.3 Å². The lowest BCUT2D eigenvalue weighted by atomic mass is 10.0. The van der Waals surface area contributed by atoms with Crippen molar-refractivity contribution in [3.63, 3.8) is 0 Å². The molecule has 0 nitrogen and oxygen atoms in total. The predicted octanol–water partition coefficient (Wildman–Crippen LogP) is 5.75. The van der Waals surface area contributed by atoms with Crippen LogP contribution in [-0.2, 0) is 0 Å². The third-order valence-electron chi connectivity index (χ3n) is 2.72. The quantitative estimate of drug-likeness (QED) is 0.210. The molecule has 0 aromatic heterocycles. The minimum atomic E-state index is -2.27. The van der Waals surface area contributed by atoms with Crippen molar-refractivity contribution in [3.05, 3.63) is 59.2 Å². The van der Waals surface area contributed by atoms with Gasteiger partial charge in [0.1, 0.15) is 12.2 Å². The molecular formula is C15H11F8P. The first-order chi connectivity index (χ1) is 11.4. The van der Waals surface area contributed by atoms with Gasteiger partial charge in [0.25, 0.3) is 0 Å². The van der Waals surface area contributed by atoms with Crippen LogP contribution < -0.4 is 0 Å². The summed E-state index contributed by atoms with van der Waals surface area (Å²) in [5.74, 6) is -11.7. The van der Waals surface area contributed by atoms with E-state index in [1.807, 2.05) is 0 Å². The minimum absolute atomic E-state index is 0.173. The van der Waals surface area contributed by atoms with Crippen molar-refractivity contribution in [2.45, 2.75) is 0 Å². The zero-order chi connectivity index (χ0) is 18.3. The van der Waals surface area contributed by atoms with Crippen molar-refractivity contribution in [1.29, 1.82) is 0 Å². The standard InChI is InChI=1S/C12H4F6.C3H7F2P/c13-6-4-2-1-3-5(6)7-8(14)10(16)12(18)11(17)9(7)15;4-1-2-6-3-5/h1-4H;6H,1-3H2. The Hall–Kier alpha value is -1.69. The van der Waals surface area contributed by atoms with Gasteiger partial charge in [0, 0.05) is 5.56 Å². The molecule has 0 spiro atoms. The second-order valence-electron chi connectivity index (χ2n) is 4.25. The average molecular weight is 374 g/mol. The zero-order valence-electron chi connectivity index (χ0n) is 12.0. The van der Waals surface area contributed by atoms with E-state index in [2.05, 4.69) is 0 Å². The van der Waals surface area contributed by atoms with Crippen LogP contribution in [0.1, 0.15) is 0 Å². The largest absolute Gasteiger partial charge is 0.251 e. The zero-order valence-corrected chi connectivity index (χ0v) is 13.0. The second-order valence-corrected chi connectivity index (χ2v) is 5.51. The van der Waals surface area contributed by atoms with Gasteiger partial charge in [-0.1, -0.05) is 26.8 Å². The molecule has 2 aromatic rings. The van der Waals surface area contributed by atoms with E-state index >= 15 is 0 Å². The molecule has 1 atom stereocenters. The van der Waals surface area contributed by atoms with Crippen LogP contribution in [0.4, 0.5) is 35.1 Å². The van der Waals surface area contributed by atoms with Crippen molar-refractivity contribution >= 4 is 8.58 Å². The SMILES string of the molecule is FCCPCF.Fc1ccccc1-c1c(F)c(F)c(F)c(F)c1F. The second kappa shape index (κ2) is 9.57. The van der Waals surface area contributed by atoms with Gasteiger partial charge in [-0.05, 0) is 12.2 Å².